The zero-order valence-electron chi connectivity index (χ0n) is 7.70. The third kappa shape index (κ3) is 1.45. The van der Waals surface area contributed by atoms with E-state index < -0.39 is 0 Å². The predicted octanol–water partition coefficient (Wildman–Crippen LogP) is 2.09. The molecule has 3 nitrogen and oxygen atoms in total. The molecule has 0 bridgehead atoms. The quantitative estimate of drug-likeness (QED) is 0.717. The van der Waals surface area contributed by atoms with Crippen LogP contribution < -0.4 is 0 Å². The fourth-order valence-corrected chi connectivity index (χ4v) is 1.31. The number of aryl methyl sites for hydroxylation is 2. The van der Waals surface area contributed by atoms with Gasteiger partial charge in [-0.1, -0.05) is 0 Å². The van der Waals surface area contributed by atoms with Gasteiger partial charge in [-0.25, -0.2) is 0 Å². The summed E-state index contributed by atoms with van der Waals surface area (Å²) in [6.07, 6.45) is 1.79. The van der Waals surface area contributed by atoms with Gasteiger partial charge in [0.15, 0.2) is 0 Å². The Bertz CT molecular complexity index is 418. The van der Waals surface area contributed by atoms with Gasteiger partial charge in [-0.3, -0.25) is 10.1 Å². The third-order valence-electron chi connectivity index (χ3n) is 1.99. The van der Waals surface area contributed by atoms with Crippen molar-refractivity contribution < 1.29 is 0 Å². The van der Waals surface area contributed by atoms with Crippen LogP contribution >= 0.6 is 0 Å². The number of aromatic nitrogens is 3. The lowest BCUT2D eigenvalue weighted by Crippen LogP contribution is -1.86. The van der Waals surface area contributed by atoms with Crippen LogP contribution in [0.15, 0.2) is 24.4 Å². The molecule has 0 spiro atoms. The lowest BCUT2D eigenvalue weighted by molar-refractivity contribution is 1.05. The van der Waals surface area contributed by atoms with Gasteiger partial charge in [-0.15, -0.1) is 0 Å². The van der Waals surface area contributed by atoms with Crippen molar-refractivity contribution in [3.8, 4) is 11.3 Å². The van der Waals surface area contributed by atoms with Crippen LogP contribution in [0.5, 0.6) is 0 Å². The van der Waals surface area contributed by atoms with E-state index >= 15 is 0 Å². The van der Waals surface area contributed by atoms with Crippen LogP contribution in [-0.4, -0.2) is 15.2 Å². The van der Waals surface area contributed by atoms with E-state index in [1.54, 1.807) is 6.20 Å². The number of nitrogens with zero attached hydrogens (tertiary/aromatic N) is 2. The summed E-state index contributed by atoms with van der Waals surface area (Å²) < 4.78 is 0. The van der Waals surface area contributed by atoms with Crippen molar-refractivity contribution in [2.75, 3.05) is 0 Å². The summed E-state index contributed by atoms with van der Waals surface area (Å²) in [7, 11) is 0. The van der Waals surface area contributed by atoms with Gasteiger partial charge in [0.05, 0.1) is 5.69 Å². The molecule has 0 saturated carbocycles. The third-order valence-corrected chi connectivity index (χ3v) is 1.99. The second-order valence-electron chi connectivity index (χ2n) is 3.07. The van der Waals surface area contributed by atoms with Crippen molar-refractivity contribution in [1.82, 2.24) is 15.2 Å². The Balaban J connectivity index is 2.52. The maximum atomic E-state index is 4.21. The van der Waals surface area contributed by atoms with Gasteiger partial charge in [0.25, 0.3) is 0 Å². The van der Waals surface area contributed by atoms with Gasteiger partial charge in [-0.05, 0) is 32.0 Å². The minimum absolute atomic E-state index is 0.961. The van der Waals surface area contributed by atoms with Crippen LogP contribution in [0.4, 0.5) is 0 Å². The zero-order valence-corrected chi connectivity index (χ0v) is 7.70. The number of H-pyrrole nitrogens is 1. The zero-order chi connectivity index (χ0) is 9.26. The Morgan fingerprint density at radius 3 is 2.77 bits per heavy atom. The number of hydrogen-bond donors (Lipinski definition) is 1. The minimum atomic E-state index is 0.961. The second kappa shape index (κ2) is 3.01. The highest BCUT2D eigenvalue weighted by molar-refractivity contribution is 5.61. The molecular weight excluding hydrogens is 162 g/mol. The highest BCUT2D eigenvalue weighted by Crippen LogP contribution is 2.19. The van der Waals surface area contributed by atoms with Crippen molar-refractivity contribution >= 4 is 0 Å². The monoisotopic (exact) mass is 173 g/mol. The molecule has 0 saturated heterocycles. The number of hydrogen-bond acceptors (Lipinski definition) is 2. The van der Waals surface area contributed by atoms with Gasteiger partial charge in [-0.2, -0.15) is 5.10 Å². The minimum Gasteiger partial charge on any atom is -0.282 e. The average molecular weight is 173 g/mol. The summed E-state index contributed by atoms with van der Waals surface area (Å²) in [4.78, 5) is 4.21. The van der Waals surface area contributed by atoms with E-state index in [9.17, 15) is 0 Å². The highest BCUT2D eigenvalue weighted by atomic mass is 15.1. The average Bonchev–Trinajstić information content (AvgIpc) is 2.53. The predicted molar refractivity (Wildman–Crippen MR) is 51.3 cm³/mol. The maximum Gasteiger partial charge on any atom is 0.0941 e. The Hall–Kier alpha value is -1.64. The van der Waals surface area contributed by atoms with Gasteiger partial charge >= 0.3 is 0 Å². The summed E-state index contributed by atoms with van der Waals surface area (Å²) in [5.41, 5.74) is 4.13. The second-order valence-corrected chi connectivity index (χ2v) is 3.07. The number of aromatic amines is 1. The standard InChI is InChI=1S/C10H11N3/c1-7-6-10(13-12-7)9-4-3-5-11-8(9)2/h3-6H,1-2H3,(H,12,13). The SMILES string of the molecule is Cc1cc(-c2cccnc2C)n[nH]1. The van der Waals surface area contributed by atoms with E-state index in [0.29, 0.717) is 0 Å². The largest absolute Gasteiger partial charge is 0.282 e. The van der Waals surface area contributed by atoms with Crippen LogP contribution in [0.2, 0.25) is 0 Å². The first-order chi connectivity index (χ1) is 6.27. The van der Waals surface area contributed by atoms with Gasteiger partial charge < -0.3 is 0 Å². The van der Waals surface area contributed by atoms with Crippen LogP contribution in [0.1, 0.15) is 11.4 Å². The van der Waals surface area contributed by atoms with E-state index in [4.69, 9.17) is 0 Å². The Labute approximate surface area is 76.8 Å². The molecule has 0 unspecified atom stereocenters. The Kier molecular flexibility index (Phi) is 1.85. The number of pyridine rings is 1. The first-order valence-corrected chi connectivity index (χ1v) is 4.21. The molecule has 0 aliphatic carbocycles. The Morgan fingerprint density at radius 1 is 1.31 bits per heavy atom. The smallest absolute Gasteiger partial charge is 0.0941 e. The number of nitrogens with one attached hydrogen (secondary N) is 1. The Morgan fingerprint density at radius 2 is 2.15 bits per heavy atom. The normalized spacial score (nSPS) is 10.3. The molecule has 3 heteroatoms. The molecule has 0 amide bonds. The molecule has 0 aliphatic heterocycles. The molecular formula is C10H11N3. The maximum absolute atomic E-state index is 4.21. The van der Waals surface area contributed by atoms with E-state index in [2.05, 4.69) is 15.2 Å². The van der Waals surface area contributed by atoms with Crippen LogP contribution in [-0.2, 0) is 0 Å². The molecule has 0 atom stereocenters. The summed E-state index contributed by atoms with van der Waals surface area (Å²) >= 11 is 0. The van der Waals surface area contributed by atoms with Crippen LogP contribution in [0, 0.1) is 13.8 Å². The molecule has 2 heterocycles. The van der Waals surface area contributed by atoms with Gasteiger partial charge in [0, 0.05) is 23.1 Å². The van der Waals surface area contributed by atoms with Crippen LogP contribution in [0.3, 0.4) is 0 Å². The lowest BCUT2D eigenvalue weighted by atomic mass is 10.1. The van der Waals surface area contributed by atoms with Crippen LogP contribution in [0.25, 0.3) is 11.3 Å². The van der Waals surface area contributed by atoms with E-state index in [1.807, 2.05) is 32.0 Å². The lowest BCUT2D eigenvalue weighted by Gasteiger charge is -1.98. The molecule has 0 aliphatic rings. The summed E-state index contributed by atoms with van der Waals surface area (Å²) in [5.74, 6) is 0. The molecule has 0 radical (unpaired) electrons. The van der Waals surface area contributed by atoms with E-state index in [1.165, 1.54) is 0 Å². The van der Waals surface area contributed by atoms with Crippen molar-refractivity contribution in [3.63, 3.8) is 0 Å². The molecule has 66 valence electrons. The first kappa shape index (κ1) is 7.98. The van der Waals surface area contributed by atoms with Gasteiger partial charge in [0.2, 0.25) is 0 Å². The van der Waals surface area contributed by atoms with Crippen molar-refractivity contribution in [3.05, 3.63) is 35.8 Å². The number of rotatable bonds is 1. The fraction of sp³-hybridized carbons (Fsp3) is 0.200. The first-order valence-electron chi connectivity index (χ1n) is 4.21. The molecule has 2 rings (SSSR count). The molecule has 0 fully saturated rings. The fourth-order valence-electron chi connectivity index (χ4n) is 1.31. The summed E-state index contributed by atoms with van der Waals surface area (Å²) in [5, 5.41) is 7.10. The molecule has 1 N–H and O–H groups in total. The molecule has 2 aromatic rings. The highest BCUT2D eigenvalue weighted by Gasteiger charge is 2.04. The van der Waals surface area contributed by atoms with Crippen molar-refractivity contribution in [1.29, 1.82) is 0 Å². The molecule has 2 aromatic heterocycles. The van der Waals surface area contributed by atoms with E-state index in [-0.39, 0.29) is 0 Å². The summed E-state index contributed by atoms with van der Waals surface area (Å²) in [6, 6.07) is 5.97. The topological polar surface area (TPSA) is 41.6 Å². The molecule has 13 heavy (non-hydrogen) atoms. The summed E-state index contributed by atoms with van der Waals surface area (Å²) in [6.45, 7) is 3.97. The van der Waals surface area contributed by atoms with E-state index in [0.717, 1.165) is 22.6 Å². The van der Waals surface area contributed by atoms with Crippen molar-refractivity contribution in [2.24, 2.45) is 0 Å². The van der Waals surface area contributed by atoms with Gasteiger partial charge in [0.1, 0.15) is 0 Å². The molecule has 0 aromatic carbocycles. The van der Waals surface area contributed by atoms with Crippen molar-refractivity contribution in [2.45, 2.75) is 13.8 Å².